The van der Waals surface area contributed by atoms with Gasteiger partial charge in [0.1, 0.15) is 0 Å². The first-order valence-electron chi connectivity index (χ1n) is 5.70. The third kappa shape index (κ3) is 3.30. The van der Waals surface area contributed by atoms with Crippen LogP contribution in [0.1, 0.15) is 60.3 Å². The summed E-state index contributed by atoms with van der Waals surface area (Å²) in [7, 11) is 0. The second-order valence-electron chi connectivity index (χ2n) is 4.57. The van der Waals surface area contributed by atoms with E-state index in [1.165, 1.54) is 0 Å². The average molecular weight is 186 g/mol. The van der Waals surface area contributed by atoms with Gasteiger partial charge >= 0.3 is 0 Å². The lowest BCUT2D eigenvalue weighted by Crippen LogP contribution is -2.34. The second-order valence-corrected chi connectivity index (χ2v) is 4.57. The number of aliphatic hydroxyl groups excluding tert-OH is 1. The first-order chi connectivity index (χ1) is 6.02. The minimum atomic E-state index is -0.118. The molecule has 0 spiro atoms. The molecule has 1 heteroatoms. The third-order valence-electron chi connectivity index (χ3n) is 3.51. The van der Waals surface area contributed by atoms with Gasteiger partial charge in [0.2, 0.25) is 0 Å². The molecule has 1 atom stereocenters. The van der Waals surface area contributed by atoms with Crippen molar-refractivity contribution in [2.24, 2.45) is 11.3 Å². The van der Waals surface area contributed by atoms with Crippen molar-refractivity contribution in [2.45, 2.75) is 66.4 Å². The molecule has 0 aliphatic rings. The van der Waals surface area contributed by atoms with Gasteiger partial charge in [-0.2, -0.15) is 0 Å². The Balaban J connectivity index is 4.34. The minimum Gasteiger partial charge on any atom is -0.393 e. The summed E-state index contributed by atoms with van der Waals surface area (Å²) in [5, 5.41) is 10.1. The zero-order valence-electron chi connectivity index (χ0n) is 9.93. The molecule has 0 fully saturated rings. The summed E-state index contributed by atoms with van der Waals surface area (Å²) in [6.07, 6.45) is 4.10. The summed E-state index contributed by atoms with van der Waals surface area (Å²) in [4.78, 5) is 0. The second kappa shape index (κ2) is 5.64. The summed E-state index contributed by atoms with van der Waals surface area (Å²) in [5.41, 5.74) is 0.171. The number of rotatable bonds is 6. The maximum absolute atomic E-state index is 10.1. The molecule has 0 heterocycles. The van der Waals surface area contributed by atoms with Crippen molar-refractivity contribution in [3.8, 4) is 0 Å². The summed E-state index contributed by atoms with van der Waals surface area (Å²) < 4.78 is 0. The SMILES string of the molecule is CCC(CC)(CC)[C@@H](O)CC(C)C. The van der Waals surface area contributed by atoms with Gasteiger partial charge in [-0.15, -0.1) is 0 Å². The molecular formula is C12H26O. The van der Waals surface area contributed by atoms with Gasteiger partial charge in [0.15, 0.2) is 0 Å². The standard InChI is InChI=1S/C12H26O/c1-6-12(7-2,8-3)11(13)9-10(4)5/h10-11,13H,6-9H2,1-5H3/t11-/m0/s1. The highest BCUT2D eigenvalue weighted by molar-refractivity contribution is 4.83. The molecule has 0 rings (SSSR count). The van der Waals surface area contributed by atoms with Crippen molar-refractivity contribution in [3.63, 3.8) is 0 Å². The van der Waals surface area contributed by atoms with Crippen molar-refractivity contribution in [1.82, 2.24) is 0 Å². The Hall–Kier alpha value is -0.0400. The zero-order valence-corrected chi connectivity index (χ0v) is 9.93. The molecular weight excluding hydrogens is 160 g/mol. The van der Waals surface area contributed by atoms with Crippen molar-refractivity contribution < 1.29 is 5.11 Å². The molecule has 0 aliphatic carbocycles. The van der Waals surface area contributed by atoms with E-state index < -0.39 is 0 Å². The van der Waals surface area contributed by atoms with Crippen LogP contribution in [-0.4, -0.2) is 11.2 Å². The number of hydrogen-bond acceptors (Lipinski definition) is 1. The largest absolute Gasteiger partial charge is 0.393 e. The monoisotopic (exact) mass is 186 g/mol. The van der Waals surface area contributed by atoms with E-state index in [4.69, 9.17) is 0 Å². The van der Waals surface area contributed by atoms with Crippen LogP contribution in [0.5, 0.6) is 0 Å². The summed E-state index contributed by atoms with van der Waals surface area (Å²) >= 11 is 0. The maximum Gasteiger partial charge on any atom is 0.0598 e. The molecule has 80 valence electrons. The fourth-order valence-corrected chi connectivity index (χ4v) is 2.15. The number of hydrogen-bond donors (Lipinski definition) is 1. The summed E-state index contributed by atoms with van der Waals surface area (Å²) in [6.45, 7) is 10.9. The smallest absolute Gasteiger partial charge is 0.0598 e. The van der Waals surface area contributed by atoms with Gasteiger partial charge in [-0.05, 0) is 37.0 Å². The highest BCUT2D eigenvalue weighted by Crippen LogP contribution is 2.36. The van der Waals surface area contributed by atoms with Gasteiger partial charge in [-0.3, -0.25) is 0 Å². The summed E-state index contributed by atoms with van der Waals surface area (Å²) in [6, 6.07) is 0. The van der Waals surface area contributed by atoms with Crippen LogP contribution in [0.15, 0.2) is 0 Å². The Morgan fingerprint density at radius 2 is 1.38 bits per heavy atom. The molecule has 0 bridgehead atoms. The molecule has 0 radical (unpaired) electrons. The lowest BCUT2D eigenvalue weighted by molar-refractivity contribution is 0.0000803. The van der Waals surface area contributed by atoms with E-state index in [1.807, 2.05) is 0 Å². The molecule has 0 unspecified atom stereocenters. The fraction of sp³-hybridized carbons (Fsp3) is 1.00. The molecule has 0 saturated carbocycles. The molecule has 13 heavy (non-hydrogen) atoms. The first-order valence-corrected chi connectivity index (χ1v) is 5.70. The average Bonchev–Trinajstić information content (AvgIpc) is 2.07. The van der Waals surface area contributed by atoms with Crippen molar-refractivity contribution >= 4 is 0 Å². The Kier molecular flexibility index (Phi) is 5.62. The van der Waals surface area contributed by atoms with Crippen LogP contribution in [0.4, 0.5) is 0 Å². The maximum atomic E-state index is 10.1. The highest BCUT2D eigenvalue weighted by Gasteiger charge is 2.32. The quantitative estimate of drug-likeness (QED) is 0.672. The highest BCUT2D eigenvalue weighted by atomic mass is 16.3. The zero-order chi connectivity index (χ0) is 10.5. The van der Waals surface area contributed by atoms with Gasteiger partial charge in [0.05, 0.1) is 6.10 Å². The van der Waals surface area contributed by atoms with Gasteiger partial charge in [-0.25, -0.2) is 0 Å². The predicted molar refractivity (Wildman–Crippen MR) is 58.8 cm³/mol. The van der Waals surface area contributed by atoms with Gasteiger partial charge in [-0.1, -0.05) is 34.6 Å². The molecule has 0 aromatic carbocycles. The molecule has 0 aliphatic heterocycles. The molecule has 0 amide bonds. The van der Waals surface area contributed by atoms with Crippen LogP contribution in [0.25, 0.3) is 0 Å². The van der Waals surface area contributed by atoms with Crippen molar-refractivity contribution in [2.75, 3.05) is 0 Å². The Bertz CT molecular complexity index is 117. The van der Waals surface area contributed by atoms with E-state index in [2.05, 4.69) is 34.6 Å². The van der Waals surface area contributed by atoms with E-state index in [1.54, 1.807) is 0 Å². The van der Waals surface area contributed by atoms with E-state index >= 15 is 0 Å². The Morgan fingerprint density at radius 3 is 1.62 bits per heavy atom. The van der Waals surface area contributed by atoms with E-state index in [-0.39, 0.29) is 11.5 Å². The normalized spacial score (nSPS) is 15.0. The summed E-state index contributed by atoms with van der Waals surface area (Å²) in [5.74, 6) is 0.596. The van der Waals surface area contributed by atoms with E-state index in [0.717, 1.165) is 25.7 Å². The van der Waals surface area contributed by atoms with Crippen LogP contribution < -0.4 is 0 Å². The Morgan fingerprint density at radius 1 is 1.00 bits per heavy atom. The van der Waals surface area contributed by atoms with Crippen LogP contribution in [0.3, 0.4) is 0 Å². The van der Waals surface area contributed by atoms with Gasteiger partial charge < -0.3 is 5.11 Å². The fourth-order valence-electron chi connectivity index (χ4n) is 2.15. The van der Waals surface area contributed by atoms with Crippen molar-refractivity contribution in [1.29, 1.82) is 0 Å². The van der Waals surface area contributed by atoms with Crippen LogP contribution in [0.2, 0.25) is 0 Å². The van der Waals surface area contributed by atoms with Crippen LogP contribution >= 0.6 is 0 Å². The molecule has 0 saturated heterocycles. The lowest BCUT2D eigenvalue weighted by Gasteiger charge is -2.36. The molecule has 0 aromatic heterocycles. The first kappa shape index (κ1) is 13.0. The minimum absolute atomic E-state index is 0.118. The number of aliphatic hydroxyl groups is 1. The van der Waals surface area contributed by atoms with Crippen molar-refractivity contribution in [3.05, 3.63) is 0 Å². The predicted octanol–water partition coefficient (Wildman–Crippen LogP) is 3.61. The molecule has 1 N–H and O–H groups in total. The lowest BCUT2D eigenvalue weighted by atomic mass is 9.72. The molecule has 1 nitrogen and oxygen atoms in total. The topological polar surface area (TPSA) is 20.2 Å². The van der Waals surface area contributed by atoms with Crippen LogP contribution in [-0.2, 0) is 0 Å². The van der Waals surface area contributed by atoms with Gasteiger partial charge in [0, 0.05) is 0 Å². The third-order valence-corrected chi connectivity index (χ3v) is 3.51. The van der Waals surface area contributed by atoms with Crippen LogP contribution in [0, 0.1) is 11.3 Å². The molecule has 0 aromatic rings. The van der Waals surface area contributed by atoms with E-state index in [0.29, 0.717) is 5.92 Å². The Labute approximate surface area is 83.5 Å². The van der Waals surface area contributed by atoms with E-state index in [9.17, 15) is 5.11 Å². The van der Waals surface area contributed by atoms with Gasteiger partial charge in [0.25, 0.3) is 0 Å².